The number of alkyl halides is 6. The predicted octanol–water partition coefficient (Wildman–Crippen LogP) is 5.15. The van der Waals surface area contributed by atoms with Crippen LogP contribution in [0.4, 0.5) is 37.7 Å². The van der Waals surface area contributed by atoms with Gasteiger partial charge in [-0.05, 0) is 17.7 Å². The monoisotopic (exact) mass is 470 g/mol. The van der Waals surface area contributed by atoms with E-state index < -0.39 is 59.5 Å². The molecule has 5 nitrogen and oxygen atoms in total. The molecule has 11 heteroatoms. The van der Waals surface area contributed by atoms with Gasteiger partial charge in [0.1, 0.15) is 0 Å². The number of ether oxygens (including phenoxy) is 1. The molecule has 2 aromatic carbocycles. The fraction of sp³-hybridized carbons (Fsp3) is 0.364. The zero-order valence-electron chi connectivity index (χ0n) is 16.6. The summed E-state index contributed by atoms with van der Waals surface area (Å²) in [6.07, 6.45) is -12.1. The van der Waals surface area contributed by atoms with Crippen molar-refractivity contribution in [1.29, 1.82) is 0 Å². The van der Waals surface area contributed by atoms with Crippen LogP contribution in [0.15, 0.2) is 42.5 Å². The Labute approximate surface area is 183 Å². The molecule has 2 saturated heterocycles. The van der Waals surface area contributed by atoms with Crippen LogP contribution in [0.1, 0.15) is 29.0 Å². The smallest absolute Gasteiger partial charge is 0.390 e. The Bertz CT molecular complexity index is 1120. The number of aliphatic hydroxyl groups is 1. The van der Waals surface area contributed by atoms with Gasteiger partial charge in [-0.1, -0.05) is 30.3 Å². The van der Waals surface area contributed by atoms with Gasteiger partial charge in [-0.15, -0.1) is 0 Å². The maximum Gasteiger partial charge on any atom is 0.416 e. The fourth-order valence-corrected chi connectivity index (χ4v) is 4.49. The molecule has 0 unspecified atom stereocenters. The molecule has 0 aliphatic carbocycles. The molecular formula is C22H16F6N2O3. The van der Waals surface area contributed by atoms with Crippen LogP contribution >= 0.6 is 0 Å². The van der Waals surface area contributed by atoms with E-state index in [1.54, 1.807) is 0 Å². The van der Waals surface area contributed by atoms with Gasteiger partial charge in [0, 0.05) is 18.0 Å². The first-order valence-corrected chi connectivity index (χ1v) is 9.80. The van der Waals surface area contributed by atoms with Crippen molar-refractivity contribution in [1.82, 2.24) is 0 Å². The van der Waals surface area contributed by atoms with Gasteiger partial charge in [0.15, 0.2) is 0 Å². The number of halogens is 6. The maximum atomic E-state index is 13.2. The molecule has 0 saturated carbocycles. The van der Waals surface area contributed by atoms with Gasteiger partial charge in [0.2, 0.25) is 11.6 Å². The van der Waals surface area contributed by atoms with E-state index in [2.05, 4.69) is 10.2 Å². The van der Waals surface area contributed by atoms with Crippen molar-refractivity contribution in [2.45, 2.75) is 43.0 Å². The van der Waals surface area contributed by atoms with Crippen LogP contribution in [0.2, 0.25) is 0 Å². The number of carbonyl (C=O) groups excluding carboxylic acids is 1. The summed E-state index contributed by atoms with van der Waals surface area (Å²) in [5, 5.41) is 12.6. The van der Waals surface area contributed by atoms with Gasteiger partial charge < -0.3 is 15.2 Å². The van der Waals surface area contributed by atoms with Gasteiger partial charge in [0.25, 0.3) is 0 Å². The molecule has 174 valence electrons. The van der Waals surface area contributed by atoms with E-state index >= 15 is 0 Å². The van der Waals surface area contributed by atoms with Crippen LogP contribution in [0.5, 0.6) is 0 Å². The summed E-state index contributed by atoms with van der Waals surface area (Å²) < 4.78 is 84.5. The Morgan fingerprint density at radius 2 is 1.73 bits per heavy atom. The number of nitrogens with one attached hydrogen (secondary N) is 1. The first-order chi connectivity index (χ1) is 15.4. The predicted molar refractivity (Wildman–Crippen MR) is 103 cm³/mol. The zero-order valence-corrected chi connectivity index (χ0v) is 16.6. The van der Waals surface area contributed by atoms with Gasteiger partial charge >= 0.3 is 12.4 Å². The highest BCUT2D eigenvalue weighted by Crippen LogP contribution is 2.50. The molecule has 2 N–H and O–H groups in total. The minimum Gasteiger partial charge on any atom is -0.390 e. The van der Waals surface area contributed by atoms with Crippen molar-refractivity contribution in [3.8, 4) is 0 Å². The summed E-state index contributed by atoms with van der Waals surface area (Å²) in [5.41, 5.74) is -2.48. The number of fused-ring (bicyclic) bond motifs is 2. The molecule has 1 amide bonds. The second kappa shape index (κ2) is 8.04. The normalized spacial score (nSPS) is 26.8. The highest BCUT2D eigenvalue weighted by atomic mass is 19.4. The largest absolute Gasteiger partial charge is 0.416 e. The van der Waals surface area contributed by atoms with Crippen molar-refractivity contribution in [2.24, 2.45) is 5.92 Å². The second-order valence-corrected chi connectivity index (χ2v) is 7.95. The molecule has 33 heavy (non-hydrogen) atoms. The lowest BCUT2D eigenvalue weighted by Gasteiger charge is -2.30. The average Bonchev–Trinajstić information content (AvgIpc) is 3.29. The van der Waals surface area contributed by atoms with Crippen LogP contribution in [0.25, 0.3) is 4.85 Å². The summed E-state index contributed by atoms with van der Waals surface area (Å²) >= 11 is 0. The molecule has 2 heterocycles. The maximum absolute atomic E-state index is 13.2. The van der Waals surface area contributed by atoms with Crippen molar-refractivity contribution in [2.75, 3.05) is 5.32 Å². The van der Waals surface area contributed by atoms with E-state index in [4.69, 9.17) is 11.3 Å². The van der Waals surface area contributed by atoms with E-state index in [0.29, 0.717) is 12.1 Å². The first kappa shape index (κ1) is 23.1. The highest BCUT2D eigenvalue weighted by Gasteiger charge is 2.57. The number of nitrogens with zero attached hydrogens (tertiary/aromatic N) is 1. The third kappa shape index (κ3) is 4.28. The van der Waals surface area contributed by atoms with Crippen LogP contribution < -0.4 is 5.32 Å². The summed E-state index contributed by atoms with van der Waals surface area (Å²) in [6, 6.07) is 6.57. The minimum absolute atomic E-state index is 0.0521. The summed E-state index contributed by atoms with van der Waals surface area (Å²) in [6.45, 7) is 7.16. The molecular weight excluding hydrogens is 454 g/mol. The van der Waals surface area contributed by atoms with Gasteiger partial charge in [-0.2, -0.15) is 26.3 Å². The van der Waals surface area contributed by atoms with Gasteiger partial charge in [-0.25, -0.2) is 4.85 Å². The molecule has 5 atom stereocenters. The second-order valence-electron chi connectivity index (χ2n) is 7.95. The van der Waals surface area contributed by atoms with Crippen LogP contribution in [0.3, 0.4) is 0 Å². The summed E-state index contributed by atoms with van der Waals surface area (Å²) in [7, 11) is 0. The molecule has 2 aliphatic rings. The van der Waals surface area contributed by atoms with E-state index in [-0.39, 0.29) is 23.4 Å². The number of anilines is 1. The van der Waals surface area contributed by atoms with Gasteiger partial charge in [-0.3, -0.25) is 4.79 Å². The summed E-state index contributed by atoms with van der Waals surface area (Å²) in [4.78, 5) is 16.2. The van der Waals surface area contributed by atoms with Crippen LogP contribution in [-0.2, 0) is 21.9 Å². The molecule has 2 aliphatic heterocycles. The SMILES string of the molecule is [C-]#[N+]c1ccc(C(F)(F)F)cc1NC(=O)[C@@H]1[C@@H](c2cccc(C(F)(F)F)c2)[C@H]2O[C@@H]1C[C@@H]2O. The van der Waals surface area contributed by atoms with Crippen molar-refractivity contribution >= 4 is 17.3 Å². The number of hydrogen-bond acceptors (Lipinski definition) is 3. The molecule has 0 radical (unpaired) electrons. The van der Waals surface area contributed by atoms with E-state index in [1.807, 2.05) is 0 Å². The number of benzene rings is 2. The Hall–Kier alpha value is -3.10. The highest BCUT2D eigenvalue weighted by molar-refractivity contribution is 5.97. The van der Waals surface area contributed by atoms with Crippen LogP contribution in [-0.4, -0.2) is 29.3 Å². The van der Waals surface area contributed by atoms with Crippen molar-refractivity contribution in [3.05, 3.63) is 70.6 Å². The molecule has 0 spiro atoms. The standard InChI is InChI=1S/C22H16F6N2O3/c1-29-13-6-5-12(22(26,27)28)8-14(13)30-20(32)18-16-9-15(31)19(33-16)17(18)10-3-2-4-11(7-10)21(23,24)25/h2-8,15-19,31H,9H2,(H,30,32)/t15-,16+,17+,18-,19-/m0/s1. The lowest BCUT2D eigenvalue weighted by Crippen LogP contribution is -2.41. The van der Waals surface area contributed by atoms with Crippen molar-refractivity contribution < 1.29 is 41.0 Å². The number of carbonyl (C=O) groups is 1. The molecule has 2 aromatic rings. The third-order valence-corrected chi connectivity index (χ3v) is 5.93. The summed E-state index contributed by atoms with van der Waals surface area (Å²) in [5.74, 6) is -2.83. The topological polar surface area (TPSA) is 62.9 Å². The quantitative estimate of drug-likeness (QED) is 0.482. The van der Waals surface area contributed by atoms with E-state index in [1.165, 1.54) is 12.1 Å². The molecule has 4 rings (SSSR count). The fourth-order valence-electron chi connectivity index (χ4n) is 4.49. The van der Waals surface area contributed by atoms with Crippen LogP contribution in [0, 0.1) is 12.5 Å². The zero-order chi connectivity index (χ0) is 24.1. The lowest BCUT2D eigenvalue weighted by molar-refractivity contribution is -0.138. The van der Waals surface area contributed by atoms with E-state index in [0.717, 1.165) is 18.2 Å². The Kier molecular flexibility index (Phi) is 5.62. The minimum atomic E-state index is -4.71. The molecule has 0 aromatic heterocycles. The van der Waals surface area contributed by atoms with E-state index in [9.17, 15) is 36.2 Å². The van der Waals surface area contributed by atoms with Crippen molar-refractivity contribution in [3.63, 3.8) is 0 Å². The number of amides is 1. The Morgan fingerprint density at radius 1 is 1.06 bits per heavy atom. The van der Waals surface area contributed by atoms with Gasteiger partial charge in [0.05, 0.1) is 41.9 Å². The number of hydrogen-bond donors (Lipinski definition) is 2. The molecule has 2 fully saturated rings. The Morgan fingerprint density at radius 3 is 2.36 bits per heavy atom. The third-order valence-electron chi connectivity index (χ3n) is 5.93. The Balaban J connectivity index is 1.68. The lowest BCUT2D eigenvalue weighted by atomic mass is 9.73. The number of rotatable bonds is 3. The first-order valence-electron chi connectivity index (χ1n) is 9.80. The average molecular weight is 470 g/mol. The number of aliphatic hydroxyl groups excluding tert-OH is 1. The molecule has 2 bridgehead atoms.